The Morgan fingerprint density at radius 3 is 2.27 bits per heavy atom. The normalized spacial score (nSPS) is 23.7. The minimum Gasteiger partial charge on any atom is -0.481 e. The van der Waals surface area contributed by atoms with E-state index in [0.717, 1.165) is 28.7 Å². The molecule has 33 heavy (non-hydrogen) atoms. The number of carbonyl (C=O) groups is 3. The standard InChI is InChI=1S/C26H28N2O5/c1-2-22(24(29)28-15-11-12-23(28)20(13-15)25(30)31)27-26(32)33-14-21-18-9-5-3-7-16(18)17-8-4-6-10-19(17)21/h3-10,15,20-23H,2,11-14H2,1H3,(H,27,32)(H,30,31)/t15-,20+,22?,23+/m1/s1. The van der Waals surface area contributed by atoms with Gasteiger partial charge in [-0.3, -0.25) is 9.59 Å². The number of benzene rings is 2. The number of alkyl carbamates (subject to hydrolysis) is 1. The van der Waals surface area contributed by atoms with Crippen molar-refractivity contribution in [3.05, 3.63) is 59.7 Å². The van der Waals surface area contributed by atoms with Crippen LogP contribution in [0.1, 0.15) is 49.7 Å². The first kappa shape index (κ1) is 21.5. The first-order chi connectivity index (χ1) is 16.0. The third kappa shape index (κ3) is 3.65. The third-order valence-electron chi connectivity index (χ3n) is 7.45. The molecule has 2 saturated heterocycles. The van der Waals surface area contributed by atoms with Crippen LogP contribution in [0.2, 0.25) is 0 Å². The van der Waals surface area contributed by atoms with E-state index in [1.54, 1.807) is 4.90 Å². The second kappa shape index (κ2) is 8.54. The highest BCUT2D eigenvalue weighted by molar-refractivity contribution is 5.88. The largest absolute Gasteiger partial charge is 0.481 e. The molecule has 2 aliphatic heterocycles. The minimum atomic E-state index is -0.849. The van der Waals surface area contributed by atoms with E-state index >= 15 is 0 Å². The van der Waals surface area contributed by atoms with Crippen LogP contribution in [0.3, 0.4) is 0 Å². The highest BCUT2D eigenvalue weighted by Crippen LogP contribution is 2.45. The summed E-state index contributed by atoms with van der Waals surface area (Å²) in [4.78, 5) is 39.1. The molecule has 7 nitrogen and oxygen atoms in total. The maximum absolute atomic E-state index is 13.2. The van der Waals surface area contributed by atoms with Gasteiger partial charge in [-0.2, -0.15) is 0 Å². The summed E-state index contributed by atoms with van der Waals surface area (Å²) in [6.07, 6.45) is 1.80. The Hall–Kier alpha value is -3.35. The maximum Gasteiger partial charge on any atom is 0.407 e. The van der Waals surface area contributed by atoms with E-state index < -0.39 is 24.0 Å². The second-order valence-electron chi connectivity index (χ2n) is 9.16. The SMILES string of the molecule is CCC(NC(=O)OCC1c2ccccc2-c2ccccc21)C(=O)N1[C@@H]2CC[C@H]1[C@@H](C(=O)O)C2. The molecule has 2 heterocycles. The third-order valence-corrected chi connectivity index (χ3v) is 7.45. The summed E-state index contributed by atoms with van der Waals surface area (Å²) in [5, 5.41) is 12.2. The number of carboxylic acids is 1. The maximum atomic E-state index is 13.2. The summed E-state index contributed by atoms with van der Waals surface area (Å²) in [6, 6.07) is 15.2. The molecule has 4 atom stereocenters. The van der Waals surface area contributed by atoms with Crippen molar-refractivity contribution in [1.29, 1.82) is 0 Å². The van der Waals surface area contributed by atoms with Crippen LogP contribution < -0.4 is 5.32 Å². The molecule has 2 N–H and O–H groups in total. The number of hydrogen-bond acceptors (Lipinski definition) is 4. The van der Waals surface area contributed by atoms with E-state index in [2.05, 4.69) is 29.6 Å². The van der Waals surface area contributed by atoms with Crippen molar-refractivity contribution in [2.75, 3.05) is 6.61 Å². The summed E-state index contributed by atoms with van der Waals surface area (Å²) in [6.45, 7) is 2.01. The Balaban J connectivity index is 1.24. The number of aliphatic carboxylic acids is 1. The van der Waals surface area contributed by atoms with Crippen molar-refractivity contribution in [3.63, 3.8) is 0 Å². The van der Waals surface area contributed by atoms with E-state index in [4.69, 9.17) is 4.74 Å². The second-order valence-corrected chi connectivity index (χ2v) is 9.16. The number of ether oxygens (including phenoxy) is 1. The minimum absolute atomic E-state index is 0.0512. The molecule has 5 rings (SSSR count). The molecule has 3 aliphatic rings. The van der Waals surface area contributed by atoms with Gasteiger partial charge in [-0.1, -0.05) is 55.5 Å². The van der Waals surface area contributed by atoms with Gasteiger partial charge in [0.2, 0.25) is 5.91 Å². The summed E-state index contributed by atoms with van der Waals surface area (Å²) in [5.74, 6) is -1.62. The van der Waals surface area contributed by atoms with Crippen molar-refractivity contribution in [1.82, 2.24) is 10.2 Å². The molecule has 0 radical (unpaired) electrons. The number of hydrogen-bond donors (Lipinski definition) is 2. The van der Waals surface area contributed by atoms with E-state index in [-0.39, 0.29) is 30.5 Å². The summed E-state index contributed by atoms with van der Waals surface area (Å²) in [7, 11) is 0. The summed E-state index contributed by atoms with van der Waals surface area (Å²) in [5.41, 5.74) is 4.56. The number of rotatable bonds is 6. The number of carbonyl (C=O) groups excluding carboxylic acids is 2. The lowest BCUT2D eigenvalue weighted by Gasteiger charge is -2.28. The molecule has 172 valence electrons. The first-order valence-electron chi connectivity index (χ1n) is 11.7. The van der Waals surface area contributed by atoms with Gasteiger partial charge in [0.15, 0.2) is 0 Å². The molecular weight excluding hydrogens is 420 g/mol. The van der Waals surface area contributed by atoms with Crippen LogP contribution in [-0.2, 0) is 14.3 Å². The van der Waals surface area contributed by atoms with Crippen molar-refractivity contribution in [2.45, 2.75) is 56.7 Å². The molecule has 2 fully saturated rings. The summed E-state index contributed by atoms with van der Waals surface area (Å²) >= 11 is 0. The van der Waals surface area contributed by atoms with Crippen molar-refractivity contribution < 1.29 is 24.2 Å². The number of amides is 2. The Morgan fingerprint density at radius 1 is 1.06 bits per heavy atom. The van der Waals surface area contributed by atoms with Gasteiger partial charge in [-0.25, -0.2) is 4.79 Å². The Morgan fingerprint density at radius 2 is 1.70 bits per heavy atom. The predicted octanol–water partition coefficient (Wildman–Crippen LogP) is 3.77. The van der Waals surface area contributed by atoms with Crippen molar-refractivity contribution in [3.8, 4) is 11.1 Å². The van der Waals surface area contributed by atoms with Crippen LogP contribution in [0.5, 0.6) is 0 Å². The van der Waals surface area contributed by atoms with E-state index in [1.807, 2.05) is 31.2 Å². The molecule has 2 aromatic rings. The Kier molecular flexibility index (Phi) is 5.56. The average molecular weight is 449 g/mol. The van der Waals surface area contributed by atoms with Crippen molar-refractivity contribution in [2.24, 2.45) is 5.92 Å². The van der Waals surface area contributed by atoms with Crippen molar-refractivity contribution >= 4 is 18.0 Å². The molecule has 0 saturated carbocycles. The fourth-order valence-electron chi connectivity index (χ4n) is 5.90. The van der Waals surface area contributed by atoms with Crippen LogP contribution in [0.4, 0.5) is 4.79 Å². The molecule has 1 aliphatic carbocycles. The van der Waals surface area contributed by atoms with Gasteiger partial charge in [0.1, 0.15) is 12.6 Å². The first-order valence-corrected chi connectivity index (χ1v) is 11.7. The van der Waals surface area contributed by atoms with Gasteiger partial charge < -0.3 is 20.1 Å². The molecule has 0 aromatic heterocycles. The lowest BCUT2D eigenvalue weighted by Crippen LogP contribution is -2.50. The van der Waals surface area contributed by atoms with E-state index in [9.17, 15) is 19.5 Å². The highest BCUT2D eigenvalue weighted by Gasteiger charge is 2.52. The molecule has 0 spiro atoms. The topological polar surface area (TPSA) is 95.9 Å². The van der Waals surface area contributed by atoms with Gasteiger partial charge >= 0.3 is 12.1 Å². The van der Waals surface area contributed by atoms with E-state index in [1.165, 1.54) is 0 Å². The lowest BCUT2D eigenvalue weighted by atomic mass is 9.89. The number of fused-ring (bicyclic) bond motifs is 5. The lowest BCUT2D eigenvalue weighted by molar-refractivity contribution is -0.143. The molecule has 7 heteroatoms. The van der Waals surface area contributed by atoms with Crippen LogP contribution in [0.25, 0.3) is 11.1 Å². The van der Waals surface area contributed by atoms with Gasteiger partial charge in [0.05, 0.1) is 5.92 Å². The summed E-state index contributed by atoms with van der Waals surface area (Å²) < 4.78 is 5.60. The fourth-order valence-corrected chi connectivity index (χ4v) is 5.90. The number of carboxylic acid groups (broad SMARTS) is 1. The van der Waals surface area contributed by atoms with Gasteiger partial charge in [-0.05, 0) is 47.9 Å². The predicted molar refractivity (Wildman–Crippen MR) is 122 cm³/mol. The van der Waals surface area contributed by atoms with Crippen LogP contribution in [0.15, 0.2) is 48.5 Å². The zero-order chi connectivity index (χ0) is 23.1. The Bertz CT molecular complexity index is 1050. The quantitative estimate of drug-likeness (QED) is 0.701. The molecule has 2 amide bonds. The molecule has 1 unspecified atom stereocenters. The van der Waals surface area contributed by atoms with Crippen LogP contribution in [-0.4, -0.2) is 52.7 Å². The zero-order valence-electron chi connectivity index (χ0n) is 18.6. The highest BCUT2D eigenvalue weighted by atomic mass is 16.5. The number of nitrogens with one attached hydrogen (secondary N) is 1. The van der Waals surface area contributed by atoms with Gasteiger partial charge in [0.25, 0.3) is 0 Å². The van der Waals surface area contributed by atoms with Crippen LogP contribution >= 0.6 is 0 Å². The monoisotopic (exact) mass is 448 g/mol. The zero-order valence-corrected chi connectivity index (χ0v) is 18.6. The number of nitrogens with zero attached hydrogens (tertiary/aromatic N) is 1. The Labute approximate surface area is 192 Å². The molecule has 2 aromatic carbocycles. The van der Waals surface area contributed by atoms with Gasteiger partial charge in [0, 0.05) is 18.0 Å². The molecule has 2 bridgehead atoms. The average Bonchev–Trinajstić information content (AvgIpc) is 3.50. The van der Waals surface area contributed by atoms with Gasteiger partial charge in [-0.15, -0.1) is 0 Å². The van der Waals surface area contributed by atoms with E-state index in [0.29, 0.717) is 19.3 Å². The molecular formula is C26H28N2O5. The smallest absolute Gasteiger partial charge is 0.407 e. The van der Waals surface area contributed by atoms with Crippen LogP contribution in [0, 0.1) is 5.92 Å². The fraction of sp³-hybridized carbons (Fsp3) is 0.423.